The first kappa shape index (κ1) is 19.1. The number of nitrogens with zero attached hydrogens (tertiary/aromatic N) is 2. The molecule has 1 unspecified atom stereocenters. The summed E-state index contributed by atoms with van der Waals surface area (Å²) in [7, 11) is 0. The summed E-state index contributed by atoms with van der Waals surface area (Å²) in [5.74, 6) is -0.631. The number of piperazine rings is 1. The van der Waals surface area contributed by atoms with Crippen LogP contribution in [-0.4, -0.2) is 53.3 Å². The Morgan fingerprint density at radius 2 is 1.92 bits per heavy atom. The van der Waals surface area contributed by atoms with Crippen LogP contribution in [0.25, 0.3) is 0 Å². The predicted molar refractivity (Wildman–Crippen MR) is 97.2 cm³/mol. The van der Waals surface area contributed by atoms with Crippen molar-refractivity contribution in [2.75, 3.05) is 24.5 Å². The minimum atomic E-state index is -0.935. The van der Waals surface area contributed by atoms with Gasteiger partial charge in [-0.2, -0.15) is 0 Å². The van der Waals surface area contributed by atoms with E-state index in [-0.39, 0.29) is 17.7 Å². The van der Waals surface area contributed by atoms with Crippen molar-refractivity contribution >= 4 is 17.7 Å². The number of ether oxygens (including phenoxy) is 1. The zero-order chi connectivity index (χ0) is 18.8. The third kappa shape index (κ3) is 4.87. The standard InChI is InChI=1S/C19H28N2O4/c1-13(2)16-12-20(18(24)25-19(3,4)5)9-10-21(16)15-8-6-7-14(11-15)17(22)23/h6-8,11,13,16H,9-10,12H2,1-5H3,(H,22,23). The molecule has 0 bridgehead atoms. The Hall–Kier alpha value is -2.24. The van der Waals surface area contributed by atoms with Crippen LogP contribution in [0.1, 0.15) is 45.0 Å². The van der Waals surface area contributed by atoms with Crippen LogP contribution in [0.15, 0.2) is 24.3 Å². The molecule has 0 radical (unpaired) electrons. The van der Waals surface area contributed by atoms with E-state index in [0.29, 0.717) is 25.6 Å². The van der Waals surface area contributed by atoms with Crippen LogP contribution >= 0.6 is 0 Å². The quantitative estimate of drug-likeness (QED) is 0.906. The molecule has 1 heterocycles. The van der Waals surface area contributed by atoms with Crippen LogP contribution in [-0.2, 0) is 4.74 Å². The van der Waals surface area contributed by atoms with E-state index in [1.807, 2.05) is 26.8 Å². The van der Waals surface area contributed by atoms with Gasteiger partial charge in [0.2, 0.25) is 0 Å². The van der Waals surface area contributed by atoms with Crippen molar-refractivity contribution in [2.24, 2.45) is 5.92 Å². The number of hydrogen-bond donors (Lipinski definition) is 1. The molecule has 2 rings (SSSR count). The Bertz CT molecular complexity index is 637. The van der Waals surface area contributed by atoms with Crippen molar-refractivity contribution < 1.29 is 19.4 Å². The number of carbonyl (C=O) groups is 2. The Labute approximate surface area is 149 Å². The van der Waals surface area contributed by atoms with Gasteiger partial charge in [-0.15, -0.1) is 0 Å². The van der Waals surface area contributed by atoms with E-state index in [2.05, 4.69) is 18.7 Å². The minimum absolute atomic E-state index is 0.102. The number of carbonyl (C=O) groups excluding carboxylic acids is 1. The SMILES string of the molecule is CC(C)C1CN(C(=O)OC(C)(C)C)CCN1c1cccc(C(=O)O)c1. The Morgan fingerprint density at radius 3 is 2.48 bits per heavy atom. The average molecular weight is 348 g/mol. The van der Waals surface area contributed by atoms with Crippen LogP contribution < -0.4 is 4.90 Å². The van der Waals surface area contributed by atoms with Crippen LogP contribution in [0.2, 0.25) is 0 Å². The first-order chi connectivity index (χ1) is 11.6. The van der Waals surface area contributed by atoms with Gasteiger partial charge in [0, 0.05) is 31.4 Å². The lowest BCUT2D eigenvalue weighted by Gasteiger charge is -2.44. The molecule has 1 saturated heterocycles. The Morgan fingerprint density at radius 1 is 1.24 bits per heavy atom. The fourth-order valence-corrected chi connectivity index (χ4v) is 3.01. The van der Waals surface area contributed by atoms with E-state index in [1.165, 1.54) is 0 Å². The van der Waals surface area contributed by atoms with E-state index in [0.717, 1.165) is 5.69 Å². The highest BCUT2D eigenvalue weighted by Crippen LogP contribution is 2.26. The molecule has 0 aliphatic carbocycles. The number of hydrogen-bond acceptors (Lipinski definition) is 4. The molecule has 6 nitrogen and oxygen atoms in total. The number of aromatic carboxylic acids is 1. The van der Waals surface area contributed by atoms with Crippen molar-refractivity contribution in [3.63, 3.8) is 0 Å². The van der Waals surface area contributed by atoms with Gasteiger partial charge in [0.05, 0.1) is 5.56 Å². The highest BCUT2D eigenvalue weighted by Gasteiger charge is 2.33. The normalized spacial score (nSPS) is 18.4. The maximum Gasteiger partial charge on any atom is 0.410 e. The fourth-order valence-electron chi connectivity index (χ4n) is 3.01. The van der Waals surface area contributed by atoms with Crippen LogP contribution in [0.3, 0.4) is 0 Å². The third-order valence-electron chi connectivity index (χ3n) is 4.26. The molecular formula is C19H28N2O4. The molecule has 1 aliphatic heterocycles. The molecule has 138 valence electrons. The minimum Gasteiger partial charge on any atom is -0.478 e. The molecule has 1 amide bonds. The molecule has 25 heavy (non-hydrogen) atoms. The van der Waals surface area contributed by atoms with Crippen molar-refractivity contribution in [1.82, 2.24) is 4.90 Å². The molecule has 1 N–H and O–H groups in total. The topological polar surface area (TPSA) is 70.1 Å². The highest BCUT2D eigenvalue weighted by atomic mass is 16.6. The summed E-state index contributed by atoms with van der Waals surface area (Å²) in [5.41, 5.74) is 0.634. The van der Waals surface area contributed by atoms with Gasteiger partial charge in [-0.3, -0.25) is 0 Å². The Balaban J connectivity index is 2.18. The number of carboxylic acid groups (broad SMARTS) is 1. The molecule has 1 aromatic rings. The lowest BCUT2D eigenvalue weighted by molar-refractivity contribution is 0.0202. The molecule has 0 aromatic heterocycles. The molecular weight excluding hydrogens is 320 g/mol. The van der Waals surface area contributed by atoms with Crippen molar-refractivity contribution in [3.05, 3.63) is 29.8 Å². The number of carboxylic acids is 1. The molecule has 0 saturated carbocycles. The van der Waals surface area contributed by atoms with Crippen molar-refractivity contribution in [2.45, 2.75) is 46.3 Å². The highest BCUT2D eigenvalue weighted by molar-refractivity contribution is 5.88. The molecule has 1 fully saturated rings. The maximum atomic E-state index is 12.4. The van der Waals surface area contributed by atoms with Gasteiger partial charge in [-0.05, 0) is 44.9 Å². The summed E-state index contributed by atoms with van der Waals surface area (Å²) < 4.78 is 5.49. The van der Waals surface area contributed by atoms with Gasteiger partial charge in [0.25, 0.3) is 0 Å². The van der Waals surface area contributed by atoms with E-state index in [4.69, 9.17) is 4.74 Å². The summed E-state index contributed by atoms with van der Waals surface area (Å²) in [6.45, 7) is 11.6. The number of amides is 1. The second-order valence-corrected chi connectivity index (χ2v) is 7.79. The summed E-state index contributed by atoms with van der Waals surface area (Å²) in [6, 6.07) is 7.07. The Kier molecular flexibility index (Phi) is 5.60. The predicted octanol–water partition coefficient (Wildman–Crippen LogP) is 3.47. The van der Waals surface area contributed by atoms with Crippen LogP contribution in [0.4, 0.5) is 10.5 Å². The van der Waals surface area contributed by atoms with Crippen LogP contribution in [0.5, 0.6) is 0 Å². The maximum absolute atomic E-state index is 12.4. The van der Waals surface area contributed by atoms with Gasteiger partial charge >= 0.3 is 12.1 Å². The molecule has 1 aliphatic rings. The number of benzene rings is 1. The number of anilines is 1. The number of rotatable bonds is 3. The van der Waals surface area contributed by atoms with E-state index >= 15 is 0 Å². The average Bonchev–Trinajstić information content (AvgIpc) is 2.52. The fraction of sp³-hybridized carbons (Fsp3) is 0.579. The summed E-state index contributed by atoms with van der Waals surface area (Å²) in [5, 5.41) is 9.22. The summed E-state index contributed by atoms with van der Waals surface area (Å²) in [4.78, 5) is 27.5. The third-order valence-corrected chi connectivity index (χ3v) is 4.26. The largest absolute Gasteiger partial charge is 0.478 e. The van der Waals surface area contributed by atoms with Gasteiger partial charge in [0.15, 0.2) is 0 Å². The van der Waals surface area contributed by atoms with Gasteiger partial charge in [0.1, 0.15) is 5.60 Å². The van der Waals surface area contributed by atoms with Gasteiger partial charge in [-0.25, -0.2) is 9.59 Å². The first-order valence-corrected chi connectivity index (χ1v) is 8.66. The van der Waals surface area contributed by atoms with E-state index in [1.54, 1.807) is 23.1 Å². The van der Waals surface area contributed by atoms with Crippen molar-refractivity contribution in [3.8, 4) is 0 Å². The van der Waals surface area contributed by atoms with E-state index < -0.39 is 11.6 Å². The summed E-state index contributed by atoms with van der Waals surface area (Å²) >= 11 is 0. The molecule has 1 aromatic carbocycles. The van der Waals surface area contributed by atoms with Crippen LogP contribution in [0, 0.1) is 5.92 Å². The second-order valence-electron chi connectivity index (χ2n) is 7.79. The lowest BCUT2D eigenvalue weighted by atomic mass is 9.98. The van der Waals surface area contributed by atoms with Crippen molar-refractivity contribution in [1.29, 1.82) is 0 Å². The molecule has 1 atom stereocenters. The smallest absolute Gasteiger partial charge is 0.410 e. The monoisotopic (exact) mass is 348 g/mol. The van der Waals surface area contributed by atoms with Gasteiger partial charge < -0.3 is 19.6 Å². The van der Waals surface area contributed by atoms with E-state index in [9.17, 15) is 14.7 Å². The zero-order valence-electron chi connectivity index (χ0n) is 15.7. The molecule has 6 heteroatoms. The summed E-state index contributed by atoms with van der Waals surface area (Å²) in [6.07, 6.45) is -0.294. The second kappa shape index (κ2) is 7.33. The van der Waals surface area contributed by atoms with Gasteiger partial charge in [-0.1, -0.05) is 19.9 Å². The molecule has 0 spiro atoms. The zero-order valence-corrected chi connectivity index (χ0v) is 15.7. The lowest BCUT2D eigenvalue weighted by Crippen LogP contribution is -2.57. The first-order valence-electron chi connectivity index (χ1n) is 8.66.